The van der Waals surface area contributed by atoms with Crippen molar-refractivity contribution in [1.82, 2.24) is 19.6 Å². The number of carboxylic acid groups (broad SMARTS) is 1. The average molecular weight is 454 g/mol. The summed E-state index contributed by atoms with van der Waals surface area (Å²) in [5.41, 5.74) is 1.39. The van der Waals surface area contributed by atoms with E-state index in [1.165, 1.54) is 0 Å². The van der Waals surface area contributed by atoms with Crippen molar-refractivity contribution in [2.75, 3.05) is 6.61 Å². The summed E-state index contributed by atoms with van der Waals surface area (Å²) in [6.07, 6.45) is 4.86. The van der Waals surface area contributed by atoms with Gasteiger partial charge in [-0.05, 0) is 61.6 Å². The summed E-state index contributed by atoms with van der Waals surface area (Å²) < 4.78 is 7.09. The summed E-state index contributed by atoms with van der Waals surface area (Å²) in [5, 5.41) is 15.4. The van der Waals surface area contributed by atoms with E-state index in [4.69, 9.17) is 14.8 Å². The summed E-state index contributed by atoms with van der Waals surface area (Å²) in [6, 6.07) is 14.5. The van der Waals surface area contributed by atoms with Crippen molar-refractivity contribution in [3.63, 3.8) is 0 Å². The molecule has 0 spiro atoms. The summed E-state index contributed by atoms with van der Waals surface area (Å²) >= 11 is 0. The van der Waals surface area contributed by atoms with Gasteiger partial charge in [-0.3, -0.25) is 9.59 Å². The van der Waals surface area contributed by atoms with Crippen LogP contribution in [0.15, 0.2) is 65.5 Å². The third-order valence-corrected chi connectivity index (χ3v) is 6.89. The van der Waals surface area contributed by atoms with Crippen LogP contribution in [0.2, 0.25) is 0 Å². The molecule has 0 aliphatic heterocycles. The molecule has 1 N–H and O–H groups in total. The van der Waals surface area contributed by atoms with Crippen molar-refractivity contribution in [1.29, 1.82) is 0 Å². The molecule has 8 nitrogen and oxygen atoms in total. The van der Waals surface area contributed by atoms with Crippen LogP contribution < -0.4 is 10.3 Å². The number of hydrogen-bond donors (Lipinski definition) is 1. The molecule has 2 aromatic heterocycles. The van der Waals surface area contributed by atoms with Gasteiger partial charge in [0.05, 0.1) is 18.0 Å². The number of rotatable bonds is 5. The summed E-state index contributed by atoms with van der Waals surface area (Å²) in [4.78, 5) is 34.6. The van der Waals surface area contributed by atoms with Crippen molar-refractivity contribution in [3.8, 4) is 17.0 Å². The molecule has 2 bridgehead atoms. The molecule has 2 heterocycles. The monoisotopic (exact) mass is 454 g/mol. The zero-order chi connectivity index (χ0) is 23.4. The minimum absolute atomic E-state index is 0.0336. The molecule has 4 atom stereocenters. The fraction of sp³-hybridized carbons (Fsp3) is 0.269. The van der Waals surface area contributed by atoms with Gasteiger partial charge in [0.25, 0.3) is 5.56 Å². The Morgan fingerprint density at radius 3 is 2.62 bits per heavy atom. The van der Waals surface area contributed by atoms with E-state index in [1.807, 2.05) is 37.3 Å². The molecule has 0 amide bonds. The molecular formula is C26H22N4O4. The first kappa shape index (κ1) is 20.5. The minimum Gasteiger partial charge on any atom is -0.494 e. The molecule has 4 aromatic rings. The molecular weight excluding hydrogens is 432 g/mol. The zero-order valence-corrected chi connectivity index (χ0v) is 18.5. The van der Waals surface area contributed by atoms with Gasteiger partial charge < -0.3 is 9.84 Å². The number of carboxylic acids is 1. The predicted molar refractivity (Wildman–Crippen MR) is 126 cm³/mol. The highest BCUT2D eigenvalue weighted by atomic mass is 16.5. The van der Waals surface area contributed by atoms with Gasteiger partial charge in [-0.1, -0.05) is 24.3 Å². The SMILES string of the molecule is CCOc1ccc(-c2nn3c([C@@H]4[C@H](C(=O)O)[C@H]5C=C[C@H]4C5)nc4ccccc4c3nc2=O)cc1. The Balaban J connectivity index is 1.61. The molecule has 2 aliphatic rings. The number of carbonyl (C=O) groups is 1. The Kier molecular flexibility index (Phi) is 4.69. The molecule has 1 saturated carbocycles. The van der Waals surface area contributed by atoms with Crippen LogP contribution in [-0.2, 0) is 4.79 Å². The lowest BCUT2D eigenvalue weighted by atomic mass is 9.82. The van der Waals surface area contributed by atoms with Crippen LogP contribution in [0.1, 0.15) is 25.1 Å². The highest BCUT2D eigenvalue weighted by Gasteiger charge is 2.50. The largest absolute Gasteiger partial charge is 0.494 e. The first-order valence-electron chi connectivity index (χ1n) is 11.4. The molecule has 0 unspecified atom stereocenters. The molecule has 6 rings (SSSR count). The normalized spacial score (nSPS) is 23.1. The van der Waals surface area contributed by atoms with E-state index in [0.29, 0.717) is 40.3 Å². The average Bonchev–Trinajstić information content (AvgIpc) is 3.46. The fourth-order valence-electron chi connectivity index (χ4n) is 5.44. The number of aromatic nitrogens is 4. The second-order valence-electron chi connectivity index (χ2n) is 8.78. The number of allylic oxidation sites excluding steroid dienone is 2. The van der Waals surface area contributed by atoms with E-state index in [2.05, 4.69) is 11.1 Å². The Labute approximate surface area is 194 Å². The molecule has 1 fully saturated rings. The van der Waals surface area contributed by atoms with Gasteiger partial charge in [0.15, 0.2) is 11.3 Å². The third kappa shape index (κ3) is 3.09. The molecule has 34 heavy (non-hydrogen) atoms. The molecule has 8 heteroatoms. The van der Waals surface area contributed by atoms with Gasteiger partial charge in [0.2, 0.25) is 0 Å². The van der Waals surface area contributed by atoms with Gasteiger partial charge in [0.1, 0.15) is 11.6 Å². The van der Waals surface area contributed by atoms with Gasteiger partial charge in [0, 0.05) is 16.9 Å². The Morgan fingerprint density at radius 2 is 1.85 bits per heavy atom. The van der Waals surface area contributed by atoms with Crippen molar-refractivity contribution < 1.29 is 14.6 Å². The fourth-order valence-corrected chi connectivity index (χ4v) is 5.44. The van der Waals surface area contributed by atoms with Crippen molar-refractivity contribution >= 4 is 22.5 Å². The standard InChI is InChI=1S/C26H22N4O4/c1-2-34-17-11-9-14(10-12-17)22-25(31)28-23-18-5-3-4-6-19(18)27-24(30(23)29-22)20-15-7-8-16(13-15)21(20)26(32)33/h3-12,15-16,20-21H,2,13H2,1H3,(H,32,33)/t15-,16-,20-,21+/m0/s1. The van der Waals surface area contributed by atoms with Gasteiger partial charge in [-0.25, -0.2) is 4.98 Å². The quantitative estimate of drug-likeness (QED) is 0.362. The third-order valence-electron chi connectivity index (χ3n) is 6.89. The number of nitrogens with zero attached hydrogens (tertiary/aromatic N) is 4. The van der Waals surface area contributed by atoms with Crippen molar-refractivity contribution in [3.05, 3.63) is 76.9 Å². The van der Waals surface area contributed by atoms with Gasteiger partial charge in [-0.15, -0.1) is 0 Å². The van der Waals surface area contributed by atoms with Crippen LogP contribution in [0.3, 0.4) is 0 Å². The lowest BCUT2D eigenvalue weighted by Gasteiger charge is -2.25. The lowest BCUT2D eigenvalue weighted by molar-refractivity contribution is -0.143. The maximum Gasteiger partial charge on any atom is 0.307 e. The van der Waals surface area contributed by atoms with Gasteiger partial charge in [-0.2, -0.15) is 14.6 Å². The Morgan fingerprint density at radius 1 is 1.09 bits per heavy atom. The zero-order valence-electron chi connectivity index (χ0n) is 18.5. The minimum atomic E-state index is -0.842. The summed E-state index contributed by atoms with van der Waals surface area (Å²) in [5.74, 6) is -0.548. The van der Waals surface area contributed by atoms with E-state index in [-0.39, 0.29) is 23.4 Å². The predicted octanol–water partition coefficient (Wildman–Crippen LogP) is 3.69. The number of fused-ring (bicyclic) bond motifs is 5. The topological polar surface area (TPSA) is 107 Å². The molecule has 2 aromatic carbocycles. The summed E-state index contributed by atoms with van der Waals surface area (Å²) in [6.45, 7) is 2.45. The van der Waals surface area contributed by atoms with Crippen LogP contribution in [-0.4, -0.2) is 37.3 Å². The Bertz CT molecular complexity index is 1530. The Hall–Kier alpha value is -4.07. The van der Waals surface area contributed by atoms with Crippen LogP contribution in [0.4, 0.5) is 0 Å². The highest BCUT2D eigenvalue weighted by molar-refractivity contribution is 5.91. The van der Waals surface area contributed by atoms with Crippen LogP contribution >= 0.6 is 0 Å². The first-order valence-corrected chi connectivity index (χ1v) is 11.4. The second kappa shape index (κ2) is 7.76. The highest BCUT2D eigenvalue weighted by Crippen LogP contribution is 2.52. The molecule has 0 radical (unpaired) electrons. The lowest BCUT2D eigenvalue weighted by Crippen LogP contribution is -2.29. The number of hydrogen-bond acceptors (Lipinski definition) is 6. The van der Waals surface area contributed by atoms with E-state index >= 15 is 0 Å². The van der Waals surface area contributed by atoms with E-state index in [1.54, 1.807) is 28.8 Å². The van der Waals surface area contributed by atoms with E-state index in [0.717, 1.165) is 6.42 Å². The maximum atomic E-state index is 13.1. The molecule has 0 saturated heterocycles. The van der Waals surface area contributed by atoms with E-state index < -0.39 is 17.4 Å². The van der Waals surface area contributed by atoms with Crippen LogP contribution in [0.25, 0.3) is 27.8 Å². The number of ether oxygens (including phenoxy) is 1. The number of para-hydroxylation sites is 1. The van der Waals surface area contributed by atoms with E-state index in [9.17, 15) is 14.7 Å². The van der Waals surface area contributed by atoms with Crippen molar-refractivity contribution in [2.24, 2.45) is 17.8 Å². The van der Waals surface area contributed by atoms with Gasteiger partial charge >= 0.3 is 5.97 Å². The summed E-state index contributed by atoms with van der Waals surface area (Å²) in [7, 11) is 0. The van der Waals surface area contributed by atoms with Crippen LogP contribution in [0, 0.1) is 17.8 Å². The van der Waals surface area contributed by atoms with Crippen LogP contribution in [0.5, 0.6) is 5.75 Å². The second-order valence-corrected chi connectivity index (χ2v) is 8.78. The smallest absolute Gasteiger partial charge is 0.307 e. The number of aliphatic carboxylic acids is 1. The first-order chi connectivity index (χ1) is 16.5. The maximum absolute atomic E-state index is 13.1. The number of benzene rings is 2. The molecule has 170 valence electrons. The van der Waals surface area contributed by atoms with Crippen molar-refractivity contribution in [2.45, 2.75) is 19.3 Å². The molecule has 2 aliphatic carbocycles.